The number of hydrogen-bond donors (Lipinski definition) is 1. The van der Waals surface area contributed by atoms with Crippen molar-refractivity contribution in [1.82, 2.24) is 19.4 Å². The molecule has 158 valence electrons. The van der Waals surface area contributed by atoms with Crippen molar-refractivity contribution in [3.8, 4) is 22.8 Å². The number of benzene rings is 2. The van der Waals surface area contributed by atoms with E-state index in [0.717, 1.165) is 22.6 Å². The van der Waals surface area contributed by atoms with Gasteiger partial charge in [0.1, 0.15) is 5.75 Å². The highest BCUT2D eigenvalue weighted by atomic mass is 35.5. The zero-order valence-electron chi connectivity index (χ0n) is 16.9. The van der Waals surface area contributed by atoms with Gasteiger partial charge >= 0.3 is 0 Å². The molecule has 1 N–H and O–H groups in total. The van der Waals surface area contributed by atoms with Crippen molar-refractivity contribution >= 4 is 29.3 Å². The van der Waals surface area contributed by atoms with Crippen molar-refractivity contribution in [2.45, 2.75) is 12.1 Å². The first-order valence-corrected chi connectivity index (χ1v) is 10.8. The van der Waals surface area contributed by atoms with E-state index in [9.17, 15) is 4.79 Å². The lowest BCUT2D eigenvalue weighted by Crippen LogP contribution is -2.23. The molecular weight excluding hydrogens is 434 g/mol. The minimum absolute atomic E-state index is 0.151. The molecule has 7 nitrogen and oxygen atoms in total. The number of methoxy groups -OCH3 is 1. The van der Waals surface area contributed by atoms with Crippen LogP contribution in [-0.4, -0.2) is 38.2 Å². The SMILES string of the molecule is COc1cccc(-c2nnc(SCC(=O)Nn3cccc3)n2-c2cc(Cl)ccc2C)c1. The Labute approximate surface area is 189 Å². The Balaban J connectivity index is 1.70. The second-order valence-electron chi connectivity index (χ2n) is 6.72. The van der Waals surface area contributed by atoms with Crippen LogP contribution < -0.4 is 10.2 Å². The summed E-state index contributed by atoms with van der Waals surface area (Å²) in [6.45, 7) is 1.99. The lowest BCUT2D eigenvalue weighted by atomic mass is 10.1. The molecule has 0 aliphatic rings. The van der Waals surface area contributed by atoms with Crippen LogP contribution in [-0.2, 0) is 4.79 Å². The molecule has 0 atom stereocenters. The molecular formula is C22H20ClN5O2S. The average molecular weight is 454 g/mol. The minimum atomic E-state index is -0.151. The number of aromatic nitrogens is 4. The third-order valence-corrected chi connectivity index (χ3v) is 5.73. The van der Waals surface area contributed by atoms with Gasteiger partial charge in [-0.1, -0.05) is 41.6 Å². The predicted octanol–water partition coefficient (Wildman–Crippen LogP) is 4.57. The van der Waals surface area contributed by atoms with Crippen molar-refractivity contribution < 1.29 is 9.53 Å². The normalized spacial score (nSPS) is 10.8. The molecule has 1 amide bonds. The molecule has 0 radical (unpaired) electrons. The van der Waals surface area contributed by atoms with Gasteiger partial charge in [0.2, 0.25) is 5.91 Å². The summed E-state index contributed by atoms with van der Waals surface area (Å²) >= 11 is 7.59. The van der Waals surface area contributed by atoms with Gasteiger partial charge in [0.15, 0.2) is 11.0 Å². The van der Waals surface area contributed by atoms with Crippen LogP contribution in [0.2, 0.25) is 5.02 Å². The highest BCUT2D eigenvalue weighted by molar-refractivity contribution is 7.99. The van der Waals surface area contributed by atoms with Gasteiger partial charge in [-0.15, -0.1) is 10.2 Å². The molecule has 2 aromatic carbocycles. The van der Waals surface area contributed by atoms with Gasteiger partial charge < -0.3 is 4.74 Å². The van der Waals surface area contributed by atoms with Crippen molar-refractivity contribution in [2.24, 2.45) is 0 Å². The van der Waals surface area contributed by atoms with Crippen LogP contribution in [0, 0.1) is 6.92 Å². The summed E-state index contributed by atoms with van der Waals surface area (Å²) in [5.41, 5.74) is 5.49. The molecule has 4 rings (SSSR count). The molecule has 0 spiro atoms. The summed E-state index contributed by atoms with van der Waals surface area (Å²) < 4.78 is 8.89. The van der Waals surface area contributed by atoms with Gasteiger partial charge in [-0.3, -0.25) is 19.5 Å². The number of carbonyl (C=O) groups excluding carboxylic acids is 1. The Morgan fingerprint density at radius 1 is 1.13 bits per heavy atom. The molecule has 0 aliphatic heterocycles. The number of rotatable bonds is 7. The lowest BCUT2D eigenvalue weighted by molar-refractivity contribution is -0.114. The van der Waals surface area contributed by atoms with Crippen LogP contribution in [0.5, 0.6) is 5.75 Å². The molecule has 0 bridgehead atoms. The maximum absolute atomic E-state index is 12.4. The van der Waals surface area contributed by atoms with E-state index >= 15 is 0 Å². The molecule has 0 unspecified atom stereocenters. The summed E-state index contributed by atoms with van der Waals surface area (Å²) in [7, 11) is 1.62. The van der Waals surface area contributed by atoms with Gasteiger partial charge in [-0.25, -0.2) is 0 Å². The minimum Gasteiger partial charge on any atom is -0.497 e. The standard InChI is InChI=1S/C22H20ClN5O2S/c1-15-8-9-17(23)13-19(15)28-21(16-6-5-7-18(12-16)30-2)24-25-22(28)31-14-20(29)26-27-10-3-4-11-27/h3-13H,14H2,1-2H3,(H,26,29). The smallest absolute Gasteiger partial charge is 0.249 e. The van der Waals surface area contributed by atoms with Crippen molar-refractivity contribution in [2.75, 3.05) is 18.3 Å². The Morgan fingerprint density at radius 3 is 2.71 bits per heavy atom. The maximum atomic E-state index is 12.4. The van der Waals surface area contributed by atoms with E-state index in [0.29, 0.717) is 16.0 Å². The topological polar surface area (TPSA) is 74.0 Å². The first kappa shape index (κ1) is 21.0. The number of halogens is 1. The summed E-state index contributed by atoms with van der Waals surface area (Å²) in [6, 6.07) is 16.9. The monoisotopic (exact) mass is 453 g/mol. The number of ether oxygens (including phenoxy) is 1. The van der Waals surface area contributed by atoms with Crippen LogP contribution in [0.15, 0.2) is 72.1 Å². The van der Waals surface area contributed by atoms with Crippen LogP contribution in [0.4, 0.5) is 0 Å². The van der Waals surface area contributed by atoms with Gasteiger partial charge in [-0.05, 0) is 48.9 Å². The Hall–Kier alpha value is -3.23. The van der Waals surface area contributed by atoms with Crippen LogP contribution in [0.25, 0.3) is 17.1 Å². The highest BCUT2D eigenvalue weighted by Gasteiger charge is 2.19. The second-order valence-corrected chi connectivity index (χ2v) is 8.10. The van der Waals surface area contributed by atoms with E-state index in [1.807, 2.05) is 66.1 Å². The van der Waals surface area contributed by atoms with Crippen LogP contribution >= 0.6 is 23.4 Å². The summed E-state index contributed by atoms with van der Waals surface area (Å²) in [6.07, 6.45) is 3.53. The van der Waals surface area contributed by atoms with E-state index < -0.39 is 0 Å². The zero-order valence-corrected chi connectivity index (χ0v) is 18.5. The van der Waals surface area contributed by atoms with E-state index in [1.165, 1.54) is 11.8 Å². The van der Waals surface area contributed by atoms with E-state index in [-0.39, 0.29) is 11.7 Å². The van der Waals surface area contributed by atoms with E-state index in [2.05, 4.69) is 15.6 Å². The van der Waals surface area contributed by atoms with Crippen LogP contribution in [0.1, 0.15) is 5.56 Å². The van der Waals surface area contributed by atoms with E-state index in [1.54, 1.807) is 24.2 Å². The third-order valence-electron chi connectivity index (χ3n) is 4.56. The molecule has 0 saturated heterocycles. The number of hydrogen-bond acceptors (Lipinski definition) is 5. The molecule has 2 heterocycles. The number of nitrogens with one attached hydrogen (secondary N) is 1. The lowest BCUT2D eigenvalue weighted by Gasteiger charge is -2.14. The molecule has 31 heavy (non-hydrogen) atoms. The number of aryl methyl sites for hydroxylation is 1. The van der Waals surface area contributed by atoms with E-state index in [4.69, 9.17) is 16.3 Å². The Bertz CT molecular complexity index is 1210. The average Bonchev–Trinajstić information content (AvgIpc) is 3.44. The van der Waals surface area contributed by atoms with Gasteiger partial charge in [0.25, 0.3) is 0 Å². The summed E-state index contributed by atoms with van der Waals surface area (Å²) in [4.78, 5) is 12.4. The fraction of sp³-hybridized carbons (Fsp3) is 0.136. The highest BCUT2D eigenvalue weighted by Crippen LogP contribution is 2.32. The van der Waals surface area contributed by atoms with Crippen LogP contribution in [0.3, 0.4) is 0 Å². The summed E-state index contributed by atoms with van der Waals surface area (Å²) in [5.74, 6) is 1.38. The largest absolute Gasteiger partial charge is 0.497 e. The first-order valence-electron chi connectivity index (χ1n) is 9.47. The molecule has 9 heteroatoms. The summed E-state index contributed by atoms with van der Waals surface area (Å²) in [5, 5.41) is 9.98. The second kappa shape index (κ2) is 9.28. The van der Waals surface area contributed by atoms with Gasteiger partial charge in [0, 0.05) is 23.0 Å². The molecule has 0 saturated carbocycles. The number of amides is 1. The molecule has 2 aromatic heterocycles. The molecule has 4 aromatic rings. The fourth-order valence-electron chi connectivity index (χ4n) is 3.07. The van der Waals surface area contributed by atoms with Crippen molar-refractivity contribution in [1.29, 1.82) is 0 Å². The quantitative estimate of drug-likeness (QED) is 0.415. The molecule has 0 aliphatic carbocycles. The van der Waals surface area contributed by atoms with Crippen molar-refractivity contribution in [3.63, 3.8) is 0 Å². The zero-order chi connectivity index (χ0) is 21.8. The van der Waals surface area contributed by atoms with Gasteiger partial charge in [0.05, 0.1) is 18.6 Å². The third kappa shape index (κ3) is 4.76. The number of nitrogens with zero attached hydrogens (tertiary/aromatic N) is 4. The first-order chi connectivity index (χ1) is 15.0. The Morgan fingerprint density at radius 2 is 1.94 bits per heavy atom. The fourth-order valence-corrected chi connectivity index (χ4v) is 3.97. The Kier molecular flexibility index (Phi) is 6.29. The van der Waals surface area contributed by atoms with Gasteiger partial charge in [-0.2, -0.15) is 0 Å². The predicted molar refractivity (Wildman–Crippen MR) is 123 cm³/mol. The number of carbonyl (C=O) groups is 1. The number of thioether (sulfide) groups is 1. The molecule has 0 fully saturated rings. The van der Waals surface area contributed by atoms with Crippen molar-refractivity contribution in [3.05, 3.63) is 77.6 Å². The maximum Gasteiger partial charge on any atom is 0.249 e.